The molecule has 2 aromatic heterocycles. The second kappa shape index (κ2) is 7.70. The zero-order valence-electron chi connectivity index (χ0n) is 15.2. The van der Waals surface area contributed by atoms with Crippen LogP contribution in [0.3, 0.4) is 0 Å². The van der Waals surface area contributed by atoms with Crippen LogP contribution in [0.15, 0.2) is 33.5 Å². The van der Waals surface area contributed by atoms with Gasteiger partial charge in [0.2, 0.25) is 5.58 Å². The van der Waals surface area contributed by atoms with E-state index >= 15 is 0 Å². The molecule has 0 fully saturated rings. The number of aromatic nitrogens is 2. The second-order valence-electron chi connectivity index (χ2n) is 6.74. The third-order valence-corrected chi connectivity index (χ3v) is 4.14. The first kappa shape index (κ1) is 18.1. The first-order valence-corrected chi connectivity index (χ1v) is 8.67. The smallest absolute Gasteiger partial charge is 0.306 e. The fourth-order valence-corrected chi connectivity index (χ4v) is 3.04. The Morgan fingerprint density at radius 3 is 2.85 bits per heavy atom. The number of nitrogens with zero attached hydrogens (tertiary/aromatic N) is 2. The molecule has 2 heterocycles. The molecule has 0 spiro atoms. The van der Waals surface area contributed by atoms with Gasteiger partial charge in [0, 0.05) is 18.5 Å². The Kier molecular flexibility index (Phi) is 5.37. The summed E-state index contributed by atoms with van der Waals surface area (Å²) in [6, 6.07) is 7.45. The number of esters is 1. The number of rotatable bonds is 7. The van der Waals surface area contributed by atoms with Crippen molar-refractivity contribution in [3.63, 3.8) is 0 Å². The first-order valence-electron chi connectivity index (χ1n) is 8.67. The molecule has 0 amide bonds. The van der Waals surface area contributed by atoms with Crippen LogP contribution in [-0.4, -0.2) is 41.0 Å². The molecule has 0 aliphatic heterocycles. The summed E-state index contributed by atoms with van der Waals surface area (Å²) < 4.78 is 10.3. The second-order valence-corrected chi connectivity index (χ2v) is 6.74. The minimum absolute atomic E-state index is 0.236. The van der Waals surface area contributed by atoms with Gasteiger partial charge in [-0.1, -0.05) is 26.0 Å². The Morgan fingerprint density at radius 1 is 1.35 bits per heavy atom. The Balaban J connectivity index is 1.90. The summed E-state index contributed by atoms with van der Waals surface area (Å²) in [5, 5.41) is 0.819. The Morgan fingerprint density at radius 2 is 2.12 bits per heavy atom. The van der Waals surface area contributed by atoms with Crippen LogP contribution in [0.25, 0.3) is 22.1 Å². The lowest BCUT2D eigenvalue weighted by Gasteiger charge is -2.23. The van der Waals surface area contributed by atoms with Crippen molar-refractivity contribution < 1.29 is 13.9 Å². The lowest BCUT2D eigenvalue weighted by Crippen LogP contribution is -2.31. The summed E-state index contributed by atoms with van der Waals surface area (Å²) in [6.45, 7) is 5.98. The van der Waals surface area contributed by atoms with E-state index in [2.05, 4.69) is 28.7 Å². The molecule has 1 N–H and O–H groups in total. The molecule has 0 radical (unpaired) electrons. The molecule has 7 heteroatoms. The molecular weight excluding hydrogens is 334 g/mol. The highest BCUT2D eigenvalue weighted by Gasteiger charge is 2.16. The van der Waals surface area contributed by atoms with Gasteiger partial charge < -0.3 is 14.1 Å². The molecule has 138 valence electrons. The molecule has 1 aromatic carbocycles. The third kappa shape index (κ3) is 3.94. The molecular formula is C19H23N3O4. The highest BCUT2D eigenvalue weighted by molar-refractivity contribution is 6.01. The number of hydrogen-bond donors (Lipinski definition) is 1. The van der Waals surface area contributed by atoms with Crippen molar-refractivity contribution in [2.75, 3.05) is 20.2 Å². The number of nitrogens with one attached hydrogen (secondary N) is 1. The lowest BCUT2D eigenvalue weighted by atomic mass is 10.2. The van der Waals surface area contributed by atoms with Crippen LogP contribution in [0.1, 0.15) is 26.1 Å². The summed E-state index contributed by atoms with van der Waals surface area (Å²) in [7, 11) is 1.38. The molecule has 0 bridgehead atoms. The number of ether oxygens (including phenoxy) is 1. The van der Waals surface area contributed by atoms with E-state index in [0.29, 0.717) is 42.4 Å². The Labute approximate surface area is 151 Å². The van der Waals surface area contributed by atoms with Crippen molar-refractivity contribution in [1.82, 2.24) is 14.9 Å². The number of carbonyl (C=O) groups excluding carboxylic acids is 1. The van der Waals surface area contributed by atoms with Crippen molar-refractivity contribution in [2.24, 2.45) is 5.92 Å². The summed E-state index contributed by atoms with van der Waals surface area (Å²) >= 11 is 0. The van der Waals surface area contributed by atoms with Gasteiger partial charge in [-0.3, -0.25) is 14.5 Å². The van der Waals surface area contributed by atoms with E-state index in [1.54, 1.807) is 0 Å². The first-order chi connectivity index (χ1) is 12.5. The summed E-state index contributed by atoms with van der Waals surface area (Å²) in [5.74, 6) is 0.717. The van der Waals surface area contributed by atoms with Gasteiger partial charge in [0.15, 0.2) is 0 Å². The molecule has 0 aliphatic rings. The quantitative estimate of drug-likeness (QED) is 0.654. The average molecular weight is 357 g/mol. The van der Waals surface area contributed by atoms with Gasteiger partial charge in [-0.2, -0.15) is 0 Å². The molecule has 26 heavy (non-hydrogen) atoms. The Hall–Kier alpha value is -2.67. The van der Waals surface area contributed by atoms with Crippen LogP contribution in [0.5, 0.6) is 0 Å². The van der Waals surface area contributed by atoms with Crippen molar-refractivity contribution in [3.8, 4) is 0 Å². The van der Waals surface area contributed by atoms with E-state index in [1.165, 1.54) is 7.11 Å². The highest BCUT2D eigenvalue weighted by atomic mass is 16.5. The van der Waals surface area contributed by atoms with Gasteiger partial charge in [0.1, 0.15) is 16.9 Å². The van der Waals surface area contributed by atoms with Crippen molar-refractivity contribution in [3.05, 3.63) is 40.4 Å². The van der Waals surface area contributed by atoms with E-state index in [4.69, 9.17) is 9.15 Å². The number of H-pyrrole nitrogens is 1. The number of para-hydroxylation sites is 1. The van der Waals surface area contributed by atoms with E-state index in [9.17, 15) is 9.59 Å². The van der Waals surface area contributed by atoms with E-state index in [-0.39, 0.29) is 17.1 Å². The number of methoxy groups -OCH3 is 1. The average Bonchev–Trinajstić information content (AvgIpc) is 2.98. The molecule has 0 saturated heterocycles. The van der Waals surface area contributed by atoms with Gasteiger partial charge >= 0.3 is 5.97 Å². The molecule has 3 rings (SSSR count). The largest absolute Gasteiger partial charge is 0.469 e. The summed E-state index contributed by atoms with van der Waals surface area (Å²) in [4.78, 5) is 33.4. The number of hydrogen-bond acceptors (Lipinski definition) is 6. The number of benzene rings is 1. The maximum absolute atomic E-state index is 12.4. The van der Waals surface area contributed by atoms with Crippen molar-refractivity contribution >= 4 is 28.0 Å². The van der Waals surface area contributed by atoms with E-state index in [0.717, 1.165) is 11.9 Å². The Bertz CT molecular complexity index is 974. The molecule has 7 nitrogen and oxygen atoms in total. The monoisotopic (exact) mass is 357 g/mol. The van der Waals surface area contributed by atoms with Crippen LogP contribution in [0.2, 0.25) is 0 Å². The molecule has 0 atom stereocenters. The van der Waals surface area contributed by atoms with Crippen LogP contribution >= 0.6 is 0 Å². The maximum atomic E-state index is 12.4. The van der Waals surface area contributed by atoms with Crippen LogP contribution in [0.4, 0.5) is 0 Å². The number of carbonyl (C=O) groups is 1. The maximum Gasteiger partial charge on any atom is 0.306 e. The SMILES string of the molecule is COC(=O)CCN(Cc1nc2c(oc3ccccc32)c(=O)[nH]1)CC(C)C. The van der Waals surface area contributed by atoms with Gasteiger partial charge in [-0.05, 0) is 18.1 Å². The topological polar surface area (TPSA) is 88.4 Å². The standard InChI is InChI=1S/C19H23N3O4/c1-12(2)10-22(9-8-16(23)25-3)11-15-20-17-13-6-4-5-7-14(13)26-18(17)19(24)21-15/h4-7,12H,8-11H2,1-3H3,(H,20,21,24). The number of furan rings is 1. The number of fused-ring (bicyclic) bond motifs is 3. The van der Waals surface area contributed by atoms with Gasteiger partial charge in [0.05, 0.1) is 20.1 Å². The fraction of sp³-hybridized carbons (Fsp3) is 0.421. The van der Waals surface area contributed by atoms with Crippen molar-refractivity contribution in [1.29, 1.82) is 0 Å². The molecule has 0 saturated carbocycles. The zero-order chi connectivity index (χ0) is 18.7. The fourth-order valence-electron chi connectivity index (χ4n) is 3.04. The normalized spacial score (nSPS) is 11.7. The minimum Gasteiger partial charge on any atom is -0.469 e. The van der Waals surface area contributed by atoms with E-state index in [1.807, 2.05) is 24.3 Å². The predicted octanol–water partition coefficient (Wildman–Crippen LogP) is 2.69. The predicted molar refractivity (Wildman–Crippen MR) is 98.9 cm³/mol. The van der Waals surface area contributed by atoms with Crippen LogP contribution < -0.4 is 5.56 Å². The van der Waals surface area contributed by atoms with E-state index < -0.39 is 0 Å². The van der Waals surface area contributed by atoms with Crippen LogP contribution in [-0.2, 0) is 16.1 Å². The zero-order valence-corrected chi connectivity index (χ0v) is 15.2. The highest BCUT2D eigenvalue weighted by Crippen LogP contribution is 2.24. The summed E-state index contributed by atoms with van der Waals surface area (Å²) in [5.41, 5.74) is 1.15. The molecule has 3 aromatic rings. The molecule has 0 unspecified atom stereocenters. The lowest BCUT2D eigenvalue weighted by molar-refractivity contribution is -0.141. The molecule has 0 aliphatic carbocycles. The van der Waals surface area contributed by atoms with Crippen molar-refractivity contribution in [2.45, 2.75) is 26.8 Å². The third-order valence-electron chi connectivity index (χ3n) is 4.14. The minimum atomic E-state index is -0.293. The van der Waals surface area contributed by atoms with Gasteiger partial charge in [-0.15, -0.1) is 0 Å². The number of aromatic amines is 1. The van der Waals surface area contributed by atoms with Gasteiger partial charge in [-0.25, -0.2) is 4.98 Å². The van der Waals surface area contributed by atoms with Gasteiger partial charge in [0.25, 0.3) is 5.56 Å². The van der Waals surface area contributed by atoms with Crippen LogP contribution in [0, 0.1) is 5.92 Å². The summed E-state index contributed by atoms with van der Waals surface area (Å²) in [6.07, 6.45) is 0.296.